The molecular weight excluding hydrogens is 306 g/mol. The van der Waals surface area contributed by atoms with E-state index in [9.17, 15) is 9.59 Å². The van der Waals surface area contributed by atoms with Gasteiger partial charge in [0.1, 0.15) is 11.5 Å². The number of amides is 1. The van der Waals surface area contributed by atoms with Crippen LogP contribution in [0.25, 0.3) is 0 Å². The molecule has 2 heterocycles. The molecule has 2 aromatic rings. The number of methoxy groups -OCH3 is 1. The maximum Gasteiger partial charge on any atom is 0.223 e. The van der Waals surface area contributed by atoms with Crippen molar-refractivity contribution in [1.29, 1.82) is 0 Å². The van der Waals surface area contributed by atoms with Crippen molar-refractivity contribution in [2.24, 2.45) is 0 Å². The highest BCUT2D eigenvalue weighted by Gasteiger charge is 2.28. The topological polar surface area (TPSA) is 59.8 Å². The number of hydrogen-bond donors (Lipinski definition) is 0. The van der Waals surface area contributed by atoms with Crippen LogP contribution < -0.4 is 4.74 Å². The van der Waals surface area contributed by atoms with Gasteiger partial charge in [-0.1, -0.05) is 0 Å². The maximum atomic E-state index is 12.3. The number of carbonyl (C=O) groups is 2. The van der Waals surface area contributed by atoms with Gasteiger partial charge in [0.15, 0.2) is 5.78 Å². The van der Waals surface area contributed by atoms with Crippen LogP contribution in [0.15, 0.2) is 47.1 Å². The predicted molar refractivity (Wildman–Crippen MR) is 89.2 cm³/mol. The van der Waals surface area contributed by atoms with Crippen LogP contribution in [0.2, 0.25) is 0 Å². The van der Waals surface area contributed by atoms with Crippen molar-refractivity contribution in [3.05, 3.63) is 54.0 Å². The quantitative estimate of drug-likeness (QED) is 0.764. The molecule has 1 aliphatic rings. The van der Waals surface area contributed by atoms with Crippen LogP contribution in [0.5, 0.6) is 5.75 Å². The number of carbonyl (C=O) groups excluding carboxylic acids is 2. The zero-order valence-electron chi connectivity index (χ0n) is 13.7. The van der Waals surface area contributed by atoms with E-state index in [-0.39, 0.29) is 30.4 Å². The second-order valence-corrected chi connectivity index (χ2v) is 5.99. The molecule has 1 saturated heterocycles. The van der Waals surface area contributed by atoms with Crippen LogP contribution in [0.3, 0.4) is 0 Å². The van der Waals surface area contributed by atoms with Crippen molar-refractivity contribution in [3.63, 3.8) is 0 Å². The Labute approximate surface area is 141 Å². The summed E-state index contributed by atoms with van der Waals surface area (Å²) in [6, 6.07) is 10.8. The number of ketones is 1. The minimum Gasteiger partial charge on any atom is -0.497 e. The van der Waals surface area contributed by atoms with Crippen LogP contribution in [-0.2, 0) is 4.79 Å². The standard InChI is InChI=1S/C19H21NO4/c1-23-16-6-4-14(5-7-16)17(21)8-9-19(22)20-11-10-15(13-20)18-3-2-12-24-18/h2-7,12,15H,8-11,13H2,1H3. The van der Waals surface area contributed by atoms with E-state index >= 15 is 0 Å². The van der Waals surface area contributed by atoms with Gasteiger partial charge in [0.2, 0.25) is 5.91 Å². The number of ether oxygens (including phenoxy) is 1. The molecule has 0 radical (unpaired) electrons. The highest BCUT2D eigenvalue weighted by atomic mass is 16.5. The number of furan rings is 1. The Morgan fingerprint density at radius 2 is 2.00 bits per heavy atom. The highest BCUT2D eigenvalue weighted by molar-refractivity contribution is 5.98. The summed E-state index contributed by atoms with van der Waals surface area (Å²) in [6.45, 7) is 1.39. The van der Waals surface area contributed by atoms with Gasteiger partial charge in [-0.15, -0.1) is 0 Å². The van der Waals surface area contributed by atoms with Gasteiger partial charge in [-0.05, 0) is 42.8 Å². The molecule has 0 aliphatic carbocycles. The summed E-state index contributed by atoms with van der Waals surface area (Å²) in [4.78, 5) is 26.3. The van der Waals surface area contributed by atoms with Crippen LogP contribution in [-0.4, -0.2) is 36.8 Å². The fraction of sp³-hybridized carbons (Fsp3) is 0.368. The predicted octanol–water partition coefficient (Wildman–Crippen LogP) is 3.27. The van der Waals surface area contributed by atoms with Gasteiger partial charge < -0.3 is 14.1 Å². The number of Topliss-reactive ketones (excluding diaryl/α,β-unsaturated/α-hetero) is 1. The number of rotatable bonds is 6. The van der Waals surface area contributed by atoms with Crippen molar-refractivity contribution in [3.8, 4) is 5.75 Å². The van der Waals surface area contributed by atoms with E-state index in [0.717, 1.165) is 18.7 Å². The summed E-state index contributed by atoms with van der Waals surface area (Å²) < 4.78 is 10.5. The molecule has 1 amide bonds. The SMILES string of the molecule is COc1ccc(C(=O)CCC(=O)N2CCC(c3ccco3)C2)cc1. The molecule has 1 unspecified atom stereocenters. The van der Waals surface area contributed by atoms with E-state index in [4.69, 9.17) is 9.15 Å². The van der Waals surface area contributed by atoms with E-state index in [1.807, 2.05) is 17.0 Å². The second kappa shape index (κ2) is 7.34. The molecule has 126 valence electrons. The van der Waals surface area contributed by atoms with Crippen molar-refractivity contribution in [2.75, 3.05) is 20.2 Å². The molecule has 1 aromatic carbocycles. The summed E-state index contributed by atoms with van der Waals surface area (Å²) in [5.74, 6) is 1.92. The summed E-state index contributed by atoms with van der Waals surface area (Å²) in [6.07, 6.45) is 3.04. The van der Waals surface area contributed by atoms with Gasteiger partial charge in [0.25, 0.3) is 0 Å². The van der Waals surface area contributed by atoms with Gasteiger partial charge in [0, 0.05) is 37.4 Å². The Bertz CT molecular complexity index is 691. The van der Waals surface area contributed by atoms with E-state index in [1.165, 1.54) is 0 Å². The molecule has 3 rings (SSSR count). The first-order valence-corrected chi connectivity index (χ1v) is 8.16. The van der Waals surface area contributed by atoms with E-state index < -0.39 is 0 Å². The lowest BCUT2D eigenvalue weighted by molar-refractivity contribution is -0.130. The Kier molecular flexibility index (Phi) is 4.99. The molecule has 0 saturated carbocycles. The zero-order chi connectivity index (χ0) is 16.9. The third-order valence-corrected chi connectivity index (χ3v) is 4.46. The Morgan fingerprint density at radius 1 is 1.21 bits per heavy atom. The fourth-order valence-electron chi connectivity index (χ4n) is 3.04. The molecule has 1 fully saturated rings. The van der Waals surface area contributed by atoms with Gasteiger partial charge in [-0.3, -0.25) is 9.59 Å². The Balaban J connectivity index is 1.49. The average molecular weight is 327 g/mol. The first kappa shape index (κ1) is 16.3. The van der Waals surface area contributed by atoms with Gasteiger partial charge in [0.05, 0.1) is 13.4 Å². The number of hydrogen-bond acceptors (Lipinski definition) is 4. The monoisotopic (exact) mass is 327 g/mol. The third-order valence-electron chi connectivity index (χ3n) is 4.46. The van der Waals surface area contributed by atoms with Crippen LogP contribution in [0.4, 0.5) is 0 Å². The smallest absolute Gasteiger partial charge is 0.223 e. The molecule has 1 aromatic heterocycles. The third kappa shape index (κ3) is 3.67. The lowest BCUT2D eigenvalue weighted by atomic mass is 10.1. The summed E-state index contributed by atoms with van der Waals surface area (Å²) >= 11 is 0. The van der Waals surface area contributed by atoms with E-state index in [2.05, 4.69) is 0 Å². The minimum atomic E-state index is -0.0206. The van der Waals surface area contributed by atoms with E-state index in [0.29, 0.717) is 17.9 Å². The largest absolute Gasteiger partial charge is 0.497 e. The lowest BCUT2D eigenvalue weighted by Crippen LogP contribution is -2.28. The van der Waals surface area contributed by atoms with Crippen LogP contribution >= 0.6 is 0 Å². The van der Waals surface area contributed by atoms with Gasteiger partial charge in [-0.25, -0.2) is 0 Å². The minimum absolute atomic E-state index is 0.0206. The van der Waals surface area contributed by atoms with Crippen molar-refractivity contribution in [1.82, 2.24) is 4.90 Å². The number of likely N-dealkylation sites (tertiary alicyclic amines) is 1. The van der Waals surface area contributed by atoms with Crippen LogP contribution in [0.1, 0.15) is 41.3 Å². The van der Waals surface area contributed by atoms with E-state index in [1.54, 1.807) is 37.6 Å². The first-order valence-electron chi connectivity index (χ1n) is 8.16. The number of benzene rings is 1. The maximum absolute atomic E-state index is 12.3. The molecule has 5 heteroatoms. The molecule has 0 N–H and O–H groups in total. The Morgan fingerprint density at radius 3 is 2.67 bits per heavy atom. The summed E-state index contributed by atoms with van der Waals surface area (Å²) in [5, 5.41) is 0. The molecular formula is C19H21NO4. The number of nitrogens with zero attached hydrogens (tertiary/aromatic N) is 1. The molecule has 0 bridgehead atoms. The zero-order valence-corrected chi connectivity index (χ0v) is 13.7. The average Bonchev–Trinajstić information content (AvgIpc) is 3.30. The van der Waals surface area contributed by atoms with Crippen molar-refractivity contribution >= 4 is 11.7 Å². The normalized spacial score (nSPS) is 17.0. The van der Waals surface area contributed by atoms with Gasteiger partial charge in [-0.2, -0.15) is 0 Å². The molecule has 0 spiro atoms. The lowest BCUT2D eigenvalue weighted by Gasteiger charge is -2.15. The Hall–Kier alpha value is -2.56. The molecule has 5 nitrogen and oxygen atoms in total. The summed E-state index contributed by atoms with van der Waals surface area (Å²) in [7, 11) is 1.58. The molecule has 1 aliphatic heterocycles. The molecule has 24 heavy (non-hydrogen) atoms. The molecule has 1 atom stereocenters. The van der Waals surface area contributed by atoms with Crippen molar-refractivity contribution in [2.45, 2.75) is 25.2 Å². The highest BCUT2D eigenvalue weighted by Crippen LogP contribution is 2.28. The first-order chi connectivity index (χ1) is 11.7. The van der Waals surface area contributed by atoms with Gasteiger partial charge >= 0.3 is 0 Å². The fourth-order valence-corrected chi connectivity index (χ4v) is 3.04. The van der Waals surface area contributed by atoms with Crippen LogP contribution in [0, 0.1) is 0 Å². The summed E-state index contributed by atoms with van der Waals surface area (Å²) in [5.41, 5.74) is 0.610. The van der Waals surface area contributed by atoms with Crippen molar-refractivity contribution < 1.29 is 18.7 Å². The second-order valence-electron chi connectivity index (χ2n) is 5.99.